The lowest BCUT2D eigenvalue weighted by atomic mass is 9.55. The summed E-state index contributed by atoms with van der Waals surface area (Å²) in [6, 6.07) is 18.0. The van der Waals surface area contributed by atoms with Crippen LogP contribution in [-0.4, -0.2) is 37.4 Å². The van der Waals surface area contributed by atoms with Crippen molar-refractivity contribution in [2.75, 3.05) is 30.8 Å². The average Bonchev–Trinajstić information content (AvgIpc) is 3.34. The van der Waals surface area contributed by atoms with Gasteiger partial charge in [0.25, 0.3) is 0 Å². The number of likely N-dealkylation sites (N-methyl/N-ethyl adjacent to an activating group) is 1. The molecule has 4 aliphatic rings. The van der Waals surface area contributed by atoms with Crippen LogP contribution in [0.2, 0.25) is 0 Å². The monoisotopic (exact) mass is 332 g/mol. The topological polar surface area (TPSA) is 39.3 Å². The van der Waals surface area contributed by atoms with Crippen LogP contribution in [0.15, 0.2) is 48.5 Å². The molecule has 6 rings (SSSR count). The summed E-state index contributed by atoms with van der Waals surface area (Å²) in [7, 11) is 2.27. The average molecular weight is 332 g/mol. The Labute approximate surface area is 148 Å². The largest absolute Gasteiger partial charge is 0.369 e. The molecule has 2 aromatic rings. The summed E-state index contributed by atoms with van der Waals surface area (Å²) in [6.45, 7) is 2.22. The maximum Gasteiger partial charge on any atom is 0.0901 e. The van der Waals surface area contributed by atoms with E-state index in [-0.39, 0.29) is 10.8 Å². The summed E-state index contributed by atoms with van der Waals surface area (Å²) in [4.78, 5) is 2.52. The van der Waals surface area contributed by atoms with E-state index in [1.165, 1.54) is 35.3 Å². The summed E-state index contributed by atoms with van der Waals surface area (Å²) >= 11 is 0. The zero-order valence-corrected chi connectivity index (χ0v) is 14.5. The molecular formula is C21H24N4. The lowest BCUT2D eigenvalue weighted by Gasteiger charge is -2.47. The van der Waals surface area contributed by atoms with Crippen LogP contribution in [0.3, 0.4) is 0 Å². The minimum atomic E-state index is 0.0959. The second kappa shape index (κ2) is 4.57. The highest BCUT2D eigenvalue weighted by Crippen LogP contribution is 2.64. The molecule has 0 radical (unpaired) electrons. The molecule has 4 aliphatic heterocycles. The zero-order valence-electron chi connectivity index (χ0n) is 14.5. The molecule has 2 saturated heterocycles. The van der Waals surface area contributed by atoms with E-state index >= 15 is 0 Å². The molecule has 2 fully saturated rings. The number of fused-ring (bicyclic) bond motifs is 7. The van der Waals surface area contributed by atoms with Gasteiger partial charge in [-0.3, -0.25) is 10.2 Å². The Morgan fingerprint density at radius 2 is 1.56 bits per heavy atom. The maximum absolute atomic E-state index is 3.87. The Kier molecular flexibility index (Phi) is 2.59. The fourth-order valence-electron chi connectivity index (χ4n) is 6.43. The number of benzene rings is 2. The van der Waals surface area contributed by atoms with Crippen molar-refractivity contribution in [3.05, 3.63) is 59.7 Å². The smallest absolute Gasteiger partial charge is 0.0901 e. The van der Waals surface area contributed by atoms with Gasteiger partial charge in [-0.25, -0.2) is 0 Å². The van der Waals surface area contributed by atoms with Crippen LogP contribution in [0, 0.1) is 0 Å². The number of para-hydroxylation sites is 2. The first-order valence-corrected chi connectivity index (χ1v) is 9.43. The number of nitrogens with zero attached hydrogens (tertiary/aromatic N) is 1. The van der Waals surface area contributed by atoms with Crippen LogP contribution < -0.4 is 16.0 Å². The van der Waals surface area contributed by atoms with Gasteiger partial charge in [0.05, 0.1) is 12.3 Å². The molecule has 4 heterocycles. The third-order valence-electron chi connectivity index (χ3n) is 7.33. The number of hydrogen-bond donors (Lipinski definition) is 3. The Morgan fingerprint density at radius 3 is 2.36 bits per heavy atom. The predicted molar refractivity (Wildman–Crippen MR) is 101 cm³/mol. The number of likely N-dealkylation sites (tertiary alicyclic amines) is 1. The second-order valence-electron chi connectivity index (χ2n) is 8.09. The molecule has 3 N–H and O–H groups in total. The summed E-state index contributed by atoms with van der Waals surface area (Å²) in [6.07, 6.45) is 3.06. The zero-order chi connectivity index (χ0) is 16.6. The predicted octanol–water partition coefficient (Wildman–Crippen LogP) is 2.69. The van der Waals surface area contributed by atoms with Gasteiger partial charge in [0.15, 0.2) is 0 Å². The highest BCUT2D eigenvalue weighted by atomic mass is 15.3. The van der Waals surface area contributed by atoms with Crippen LogP contribution in [0.25, 0.3) is 0 Å². The highest BCUT2D eigenvalue weighted by Gasteiger charge is 2.70. The molecule has 4 atom stereocenters. The second-order valence-corrected chi connectivity index (χ2v) is 8.09. The normalized spacial score (nSPS) is 37.8. The van der Waals surface area contributed by atoms with Crippen LogP contribution in [-0.2, 0) is 10.8 Å². The molecule has 128 valence electrons. The Morgan fingerprint density at radius 1 is 0.880 bits per heavy atom. The molecule has 0 amide bonds. The quantitative estimate of drug-likeness (QED) is 0.751. The maximum atomic E-state index is 3.87. The SMILES string of the molecule is CN1CC[C@@]2([C@@]34CCN[C@@H]3Nc3ccccc34)c3ccccc3N[C@H]12. The van der Waals surface area contributed by atoms with E-state index in [1.807, 2.05) is 0 Å². The van der Waals surface area contributed by atoms with E-state index in [4.69, 9.17) is 0 Å². The van der Waals surface area contributed by atoms with E-state index in [9.17, 15) is 0 Å². The number of rotatable bonds is 1. The summed E-state index contributed by atoms with van der Waals surface area (Å²) in [5, 5.41) is 11.5. The number of anilines is 2. The first-order valence-electron chi connectivity index (χ1n) is 9.43. The Bertz CT molecular complexity index is 864. The van der Waals surface area contributed by atoms with Crippen molar-refractivity contribution in [2.24, 2.45) is 0 Å². The molecule has 25 heavy (non-hydrogen) atoms. The molecule has 0 unspecified atom stereocenters. The standard InChI is InChI=1S/C21H24N4/c1-25-13-11-21(15-7-3-5-9-17(15)24-19(21)25)20-10-12-22-18(20)23-16-8-4-2-6-14(16)20/h2-9,18-19,22-24H,10-13H2,1H3/t18-,19-,20-,21-/m1/s1. The Hall–Kier alpha value is -2.04. The van der Waals surface area contributed by atoms with Gasteiger partial charge in [0, 0.05) is 28.7 Å². The van der Waals surface area contributed by atoms with Crippen molar-refractivity contribution in [3.8, 4) is 0 Å². The lowest BCUT2D eigenvalue weighted by molar-refractivity contribution is 0.170. The van der Waals surface area contributed by atoms with Crippen molar-refractivity contribution < 1.29 is 0 Å². The van der Waals surface area contributed by atoms with Crippen molar-refractivity contribution in [2.45, 2.75) is 36.0 Å². The molecule has 4 nitrogen and oxygen atoms in total. The van der Waals surface area contributed by atoms with Gasteiger partial charge in [-0.15, -0.1) is 0 Å². The van der Waals surface area contributed by atoms with E-state index in [1.54, 1.807) is 0 Å². The highest BCUT2D eigenvalue weighted by molar-refractivity contribution is 5.72. The first-order chi connectivity index (χ1) is 12.3. The van der Waals surface area contributed by atoms with E-state index < -0.39 is 0 Å². The van der Waals surface area contributed by atoms with Gasteiger partial charge < -0.3 is 10.6 Å². The fraction of sp³-hybridized carbons (Fsp3) is 0.429. The van der Waals surface area contributed by atoms with Crippen molar-refractivity contribution in [1.29, 1.82) is 0 Å². The van der Waals surface area contributed by atoms with Crippen molar-refractivity contribution >= 4 is 11.4 Å². The third-order valence-corrected chi connectivity index (χ3v) is 7.33. The number of hydrogen-bond acceptors (Lipinski definition) is 4. The van der Waals surface area contributed by atoms with Crippen LogP contribution in [0.5, 0.6) is 0 Å². The van der Waals surface area contributed by atoms with E-state index in [0.717, 1.165) is 13.1 Å². The third kappa shape index (κ3) is 1.44. The molecule has 0 saturated carbocycles. The van der Waals surface area contributed by atoms with Gasteiger partial charge in [-0.1, -0.05) is 36.4 Å². The molecule has 0 bridgehead atoms. The van der Waals surface area contributed by atoms with Gasteiger partial charge in [0.1, 0.15) is 0 Å². The van der Waals surface area contributed by atoms with Crippen LogP contribution >= 0.6 is 0 Å². The molecule has 0 spiro atoms. The van der Waals surface area contributed by atoms with Crippen LogP contribution in [0.4, 0.5) is 11.4 Å². The minimum Gasteiger partial charge on any atom is -0.369 e. The van der Waals surface area contributed by atoms with Crippen LogP contribution in [0.1, 0.15) is 24.0 Å². The summed E-state index contributed by atoms with van der Waals surface area (Å²) in [5.74, 6) is 0. The van der Waals surface area contributed by atoms with Gasteiger partial charge in [-0.2, -0.15) is 0 Å². The molecule has 0 aromatic heterocycles. The van der Waals surface area contributed by atoms with Crippen molar-refractivity contribution in [1.82, 2.24) is 10.2 Å². The van der Waals surface area contributed by atoms with Gasteiger partial charge in [-0.05, 0) is 49.7 Å². The minimum absolute atomic E-state index is 0.0959. The Balaban J connectivity index is 1.67. The first kappa shape index (κ1) is 14.2. The molecule has 2 aromatic carbocycles. The van der Waals surface area contributed by atoms with Gasteiger partial charge in [0.2, 0.25) is 0 Å². The molecule has 4 heteroatoms. The molecular weight excluding hydrogens is 308 g/mol. The lowest BCUT2D eigenvalue weighted by Crippen LogP contribution is -2.59. The fourth-order valence-corrected chi connectivity index (χ4v) is 6.43. The van der Waals surface area contributed by atoms with Gasteiger partial charge >= 0.3 is 0 Å². The van der Waals surface area contributed by atoms with E-state index in [0.29, 0.717) is 12.3 Å². The summed E-state index contributed by atoms with van der Waals surface area (Å²) < 4.78 is 0. The van der Waals surface area contributed by atoms with E-state index in [2.05, 4.69) is 76.4 Å². The van der Waals surface area contributed by atoms with Crippen molar-refractivity contribution in [3.63, 3.8) is 0 Å². The number of nitrogens with one attached hydrogen (secondary N) is 3. The summed E-state index contributed by atoms with van der Waals surface area (Å²) in [5.41, 5.74) is 5.85. The molecule has 0 aliphatic carbocycles.